The first-order valence-corrected chi connectivity index (χ1v) is 9.14. The predicted molar refractivity (Wildman–Crippen MR) is 105 cm³/mol. The molecule has 0 bridgehead atoms. The number of para-hydroxylation sites is 1. The summed E-state index contributed by atoms with van der Waals surface area (Å²) in [5.74, 6) is 0. The van der Waals surface area contributed by atoms with E-state index in [1.807, 2.05) is 53.4 Å². The van der Waals surface area contributed by atoms with Crippen LogP contribution in [-0.4, -0.2) is 44.2 Å². The van der Waals surface area contributed by atoms with Crippen molar-refractivity contribution >= 4 is 23.3 Å². The molecule has 1 fully saturated rings. The number of amides is 2. The van der Waals surface area contributed by atoms with Gasteiger partial charge in [-0.3, -0.25) is 0 Å². The Bertz CT molecular complexity index is 728. The Morgan fingerprint density at radius 1 is 1.04 bits per heavy atom. The number of rotatable bonds is 5. The molecule has 1 saturated heterocycles. The molecule has 138 valence electrons. The zero-order valence-electron chi connectivity index (χ0n) is 15.0. The molecule has 2 aromatic carbocycles. The lowest BCUT2D eigenvalue weighted by atomic mass is 10.1. The largest absolute Gasteiger partial charge is 0.380 e. The molecule has 2 aromatic rings. The Kier molecular flexibility index (Phi) is 6.36. The topological polar surface area (TPSA) is 44.8 Å². The van der Waals surface area contributed by atoms with E-state index >= 15 is 0 Å². The summed E-state index contributed by atoms with van der Waals surface area (Å²) >= 11 is 6.26. The Morgan fingerprint density at radius 3 is 2.35 bits per heavy atom. The van der Waals surface area contributed by atoms with Gasteiger partial charge >= 0.3 is 6.03 Å². The number of hydrogen-bond donors (Lipinski definition) is 1. The minimum absolute atomic E-state index is 0.0234. The average molecular weight is 374 g/mol. The number of methoxy groups -OCH3 is 1. The second-order valence-corrected chi connectivity index (χ2v) is 6.74. The smallest absolute Gasteiger partial charge is 0.317 e. The molecule has 26 heavy (non-hydrogen) atoms. The summed E-state index contributed by atoms with van der Waals surface area (Å²) in [4.78, 5) is 16.5. The maximum atomic E-state index is 12.4. The van der Waals surface area contributed by atoms with Crippen LogP contribution in [0.25, 0.3) is 0 Å². The zero-order chi connectivity index (χ0) is 18.4. The molecule has 0 aromatic heterocycles. The number of nitrogens with zero attached hydrogens (tertiary/aromatic N) is 2. The van der Waals surface area contributed by atoms with Gasteiger partial charge in [-0.15, -0.1) is 0 Å². The molecule has 0 spiro atoms. The Hall–Kier alpha value is -2.24. The summed E-state index contributed by atoms with van der Waals surface area (Å²) in [5.41, 5.74) is 3.23. The molecule has 0 saturated carbocycles. The number of nitrogens with one attached hydrogen (secondary N) is 1. The first-order chi connectivity index (χ1) is 12.7. The molecule has 5 nitrogen and oxygen atoms in total. The van der Waals surface area contributed by atoms with Crippen molar-refractivity contribution in [1.82, 2.24) is 10.2 Å². The second kappa shape index (κ2) is 8.92. The van der Waals surface area contributed by atoms with Crippen LogP contribution in [-0.2, 0) is 17.9 Å². The van der Waals surface area contributed by atoms with E-state index in [0.717, 1.165) is 34.9 Å². The molecule has 3 rings (SSSR count). The van der Waals surface area contributed by atoms with E-state index < -0.39 is 0 Å². The van der Waals surface area contributed by atoms with Crippen LogP contribution in [0.3, 0.4) is 0 Å². The number of carbonyl (C=O) groups excluding carboxylic acids is 1. The van der Waals surface area contributed by atoms with E-state index in [1.54, 1.807) is 7.11 Å². The first kappa shape index (κ1) is 18.5. The van der Waals surface area contributed by atoms with Gasteiger partial charge in [0.15, 0.2) is 0 Å². The molecule has 0 unspecified atom stereocenters. The van der Waals surface area contributed by atoms with Gasteiger partial charge in [0.1, 0.15) is 0 Å². The number of carbonyl (C=O) groups is 1. The van der Waals surface area contributed by atoms with Crippen molar-refractivity contribution in [2.24, 2.45) is 0 Å². The minimum Gasteiger partial charge on any atom is -0.380 e. The highest BCUT2D eigenvalue weighted by atomic mass is 35.5. The molecule has 6 heteroatoms. The van der Waals surface area contributed by atoms with Crippen molar-refractivity contribution in [2.75, 3.05) is 38.2 Å². The standard InChI is InChI=1S/C20H24ClN3O2/c1-26-15-17-8-6-16(7-9-17)14-22-20(25)24-12-10-23(11-13-24)19-5-3-2-4-18(19)21/h2-9H,10-15H2,1H3,(H,22,25). The minimum atomic E-state index is -0.0234. The first-order valence-electron chi connectivity index (χ1n) is 8.76. The summed E-state index contributed by atoms with van der Waals surface area (Å²) in [6.07, 6.45) is 0. The monoisotopic (exact) mass is 373 g/mol. The molecule has 1 aliphatic rings. The molecular weight excluding hydrogens is 350 g/mol. The molecule has 1 N–H and O–H groups in total. The summed E-state index contributed by atoms with van der Waals surface area (Å²) in [7, 11) is 1.68. The fraction of sp³-hybridized carbons (Fsp3) is 0.350. The number of hydrogen-bond acceptors (Lipinski definition) is 3. The van der Waals surface area contributed by atoms with Crippen molar-refractivity contribution < 1.29 is 9.53 Å². The highest BCUT2D eigenvalue weighted by Gasteiger charge is 2.22. The summed E-state index contributed by atoms with van der Waals surface area (Å²) in [6.45, 7) is 4.05. The number of ether oxygens (including phenoxy) is 1. The third-order valence-corrected chi connectivity index (χ3v) is 4.86. The predicted octanol–water partition coefficient (Wildman–Crippen LogP) is 3.52. The normalized spacial score (nSPS) is 14.4. The molecule has 1 heterocycles. The van der Waals surface area contributed by atoms with E-state index in [2.05, 4.69) is 10.2 Å². The van der Waals surface area contributed by atoms with Crippen LogP contribution in [0.4, 0.5) is 10.5 Å². The highest BCUT2D eigenvalue weighted by Crippen LogP contribution is 2.26. The van der Waals surface area contributed by atoms with Crippen LogP contribution in [0, 0.1) is 0 Å². The maximum absolute atomic E-state index is 12.4. The Morgan fingerprint density at radius 2 is 1.69 bits per heavy atom. The fourth-order valence-corrected chi connectivity index (χ4v) is 3.32. The van der Waals surface area contributed by atoms with Gasteiger partial charge in [0.25, 0.3) is 0 Å². The number of halogens is 1. The van der Waals surface area contributed by atoms with Gasteiger partial charge in [0.05, 0.1) is 17.3 Å². The van der Waals surface area contributed by atoms with E-state index in [9.17, 15) is 4.79 Å². The second-order valence-electron chi connectivity index (χ2n) is 6.33. The number of anilines is 1. The van der Waals surface area contributed by atoms with Gasteiger partial charge in [-0.05, 0) is 23.3 Å². The van der Waals surface area contributed by atoms with E-state index in [1.165, 1.54) is 0 Å². The lowest BCUT2D eigenvalue weighted by molar-refractivity contribution is 0.185. The third-order valence-electron chi connectivity index (χ3n) is 4.54. The van der Waals surface area contributed by atoms with Crippen molar-refractivity contribution in [1.29, 1.82) is 0 Å². The SMILES string of the molecule is COCc1ccc(CNC(=O)N2CCN(c3ccccc3Cl)CC2)cc1. The van der Waals surface area contributed by atoms with Gasteiger partial charge in [-0.1, -0.05) is 48.0 Å². The van der Waals surface area contributed by atoms with Crippen molar-refractivity contribution in [3.63, 3.8) is 0 Å². The van der Waals surface area contributed by atoms with E-state index in [-0.39, 0.29) is 6.03 Å². The Balaban J connectivity index is 1.47. The zero-order valence-corrected chi connectivity index (χ0v) is 15.7. The van der Waals surface area contributed by atoms with Crippen molar-refractivity contribution in [2.45, 2.75) is 13.2 Å². The fourth-order valence-electron chi connectivity index (χ4n) is 3.07. The molecule has 1 aliphatic heterocycles. The Labute approximate surface area is 159 Å². The van der Waals surface area contributed by atoms with Crippen LogP contribution >= 0.6 is 11.6 Å². The third kappa shape index (κ3) is 4.68. The van der Waals surface area contributed by atoms with Gasteiger partial charge in [-0.2, -0.15) is 0 Å². The molecule has 0 radical (unpaired) electrons. The van der Waals surface area contributed by atoms with Crippen LogP contribution < -0.4 is 10.2 Å². The van der Waals surface area contributed by atoms with Gasteiger partial charge in [-0.25, -0.2) is 4.79 Å². The van der Waals surface area contributed by atoms with Gasteiger partial charge < -0.3 is 19.9 Å². The van der Waals surface area contributed by atoms with Crippen molar-refractivity contribution in [3.8, 4) is 0 Å². The lowest BCUT2D eigenvalue weighted by Gasteiger charge is -2.36. The average Bonchev–Trinajstić information content (AvgIpc) is 2.68. The van der Waals surface area contributed by atoms with Crippen molar-refractivity contribution in [3.05, 3.63) is 64.7 Å². The molecule has 2 amide bonds. The number of urea groups is 1. The van der Waals surface area contributed by atoms with Gasteiger partial charge in [0.2, 0.25) is 0 Å². The van der Waals surface area contributed by atoms with Crippen LogP contribution in [0.2, 0.25) is 5.02 Å². The summed E-state index contributed by atoms with van der Waals surface area (Å²) in [5, 5.41) is 3.75. The maximum Gasteiger partial charge on any atom is 0.317 e. The highest BCUT2D eigenvalue weighted by molar-refractivity contribution is 6.33. The summed E-state index contributed by atoms with van der Waals surface area (Å²) in [6, 6.07) is 15.9. The number of benzene rings is 2. The van der Waals surface area contributed by atoms with Gasteiger partial charge in [0, 0.05) is 39.8 Å². The number of piperazine rings is 1. The molecular formula is C20H24ClN3O2. The quantitative estimate of drug-likeness (QED) is 0.872. The van der Waals surface area contributed by atoms with E-state index in [0.29, 0.717) is 26.2 Å². The van der Waals surface area contributed by atoms with Crippen LogP contribution in [0.1, 0.15) is 11.1 Å². The molecule has 0 aliphatic carbocycles. The van der Waals surface area contributed by atoms with Crippen LogP contribution in [0.15, 0.2) is 48.5 Å². The van der Waals surface area contributed by atoms with Crippen LogP contribution in [0.5, 0.6) is 0 Å². The van der Waals surface area contributed by atoms with E-state index in [4.69, 9.17) is 16.3 Å². The lowest BCUT2D eigenvalue weighted by Crippen LogP contribution is -2.51. The summed E-state index contributed by atoms with van der Waals surface area (Å²) < 4.78 is 5.10. The molecule has 0 atom stereocenters.